The van der Waals surface area contributed by atoms with E-state index in [0.29, 0.717) is 22.2 Å². The van der Waals surface area contributed by atoms with E-state index < -0.39 is 5.54 Å². The van der Waals surface area contributed by atoms with Gasteiger partial charge in [0.1, 0.15) is 11.4 Å². The predicted molar refractivity (Wildman–Crippen MR) is 96.8 cm³/mol. The molecule has 0 aliphatic carbocycles. The molecule has 0 bridgehead atoms. The van der Waals surface area contributed by atoms with Crippen LogP contribution in [0.2, 0.25) is 0 Å². The SMILES string of the molecule is Cc1cc(N2C(=O)C(C)(C)N(c3ccccn3)C2=S)ccc1C#N. The molecule has 1 saturated heterocycles. The Bertz CT molecular complexity index is 870. The lowest BCUT2D eigenvalue weighted by molar-refractivity contribution is -0.120. The number of hydrogen-bond donors (Lipinski definition) is 0. The van der Waals surface area contributed by atoms with E-state index in [-0.39, 0.29) is 5.91 Å². The van der Waals surface area contributed by atoms with Crippen LogP contribution in [-0.4, -0.2) is 21.5 Å². The second-order valence-electron chi connectivity index (χ2n) is 6.12. The van der Waals surface area contributed by atoms with Crippen molar-refractivity contribution in [3.63, 3.8) is 0 Å². The Kier molecular flexibility index (Phi) is 3.82. The Morgan fingerprint density at radius 1 is 1.25 bits per heavy atom. The van der Waals surface area contributed by atoms with E-state index in [2.05, 4.69) is 11.1 Å². The third-order valence-electron chi connectivity index (χ3n) is 4.14. The van der Waals surface area contributed by atoms with Gasteiger partial charge in [-0.15, -0.1) is 0 Å². The number of benzene rings is 1. The highest BCUT2D eigenvalue weighted by molar-refractivity contribution is 7.81. The molecule has 1 fully saturated rings. The summed E-state index contributed by atoms with van der Waals surface area (Å²) in [5, 5.41) is 9.46. The monoisotopic (exact) mass is 336 g/mol. The number of aromatic nitrogens is 1. The fraction of sp³-hybridized carbons (Fsp3) is 0.222. The summed E-state index contributed by atoms with van der Waals surface area (Å²) in [6, 6.07) is 12.9. The minimum absolute atomic E-state index is 0.123. The maximum atomic E-state index is 13.0. The fourth-order valence-corrected chi connectivity index (χ4v) is 3.32. The van der Waals surface area contributed by atoms with Gasteiger partial charge in [0.05, 0.1) is 17.3 Å². The molecule has 1 aliphatic rings. The average Bonchev–Trinajstić information content (AvgIpc) is 2.73. The van der Waals surface area contributed by atoms with Crippen LogP contribution in [0, 0.1) is 18.3 Å². The first kappa shape index (κ1) is 16.1. The maximum absolute atomic E-state index is 13.0. The van der Waals surface area contributed by atoms with Gasteiger partial charge >= 0.3 is 0 Å². The molecule has 3 rings (SSSR count). The van der Waals surface area contributed by atoms with Crippen molar-refractivity contribution >= 4 is 34.7 Å². The summed E-state index contributed by atoms with van der Waals surface area (Å²) in [5.74, 6) is 0.510. The van der Waals surface area contributed by atoms with E-state index in [1.54, 1.807) is 29.3 Å². The summed E-state index contributed by atoms with van der Waals surface area (Å²) in [6.07, 6.45) is 1.67. The number of amides is 1. The molecule has 1 aromatic heterocycles. The van der Waals surface area contributed by atoms with E-state index in [4.69, 9.17) is 17.5 Å². The zero-order valence-corrected chi connectivity index (χ0v) is 14.5. The number of nitrogens with zero attached hydrogens (tertiary/aromatic N) is 4. The molecular formula is C18H16N4OS. The van der Waals surface area contributed by atoms with Gasteiger partial charge < -0.3 is 0 Å². The largest absolute Gasteiger partial charge is 0.288 e. The zero-order valence-electron chi connectivity index (χ0n) is 13.6. The first-order valence-corrected chi connectivity index (χ1v) is 7.89. The molecule has 1 aromatic carbocycles. The van der Waals surface area contributed by atoms with Gasteiger partial charge in [0.2, 0.25) is 0 Å². The van der Waals surface area contributed by atoms with Gasteiger partial charge in [0, 0.05) is 6.20 Å². The first-order chi connectivity index (χ1) is 11.4. The van der Waals surface area contributed by atoms with Crippen LogP contribution in [0.4, 0.5) is 11.5 Å². The average molecular weight is 336 g/mol. The van der Waals surface area contributed by atoms with Crippen molar-refractivity contribution in [3.05, 3.63) is 53.7 Å². The van der Waals surface area contributed by atoms with Crippen LogP contribution in [0.15, 0.2) is 42.6 Å². The molecule has 24 heavy (non-hydrogen) atoms. The number of anilines is 2. The summed E-state index contributed by atoms with van der Waals surface area (Å²) in [4.78, 5) is 20.6. The lowest BCUT2D eigenvalue weighted by Gasteiger charge is -2.28. The standard InChI is InChI=1S/C18H16N4OS/c1-12-10-14(8-7-13(12)11-19)21-16(23)18(2,3)22(17(21)24)15-6-4-5-9-20-15/h4-10H,1-3H3. The van der Waals surface area contributed by atoms with E-state index >= 15 is 0 Å². The van der Waals surface area contributed by atoms with Crippen molar-refractivity contribution in [2.24, 2.45) is 0 Å². The van der Waals surface area contributed by atoms with Gasteiger partial charge in [0.15, 0.2) is 5.11 Å². The second-order valence-corrected chi connectivity index (χ2v) is 6.48. The highest BCUT2D eigenvalue weighted by Crippen LogP contribution is 2.35. The van der Waals surface area contributed by atoms with Crippen molar-refractivity contribution in [1.29, 1.82) is 5.26 Å². The molecule has 120 valence electrons. The van der Waals surface area contributed by atoms with Crippen LogP contribution in [0.1, 0.15) is 25.0 Å². The van der Waals surface area contributed by atoms with Crippen LogP contribution >= 0.6 is 12.2 Å². The van der Waals surface area contributed by atoms with Crippen LogP contribution < -0.4 is 9.80 Å². The molecule has 0 radical (unpaired) electrons. The number of aryl methyl sites for hydroxylation is 1. The molecule has 2 aromatic rings. The molecule has 1 amide bonds. The number of pyridine rings is 1. The van der Waals surface area contributed by atoms with Crippen LogP contribution in [0.25, 0.3) is 0 Å². The molecule has 0 spiro atoms. The van der Waals surface area contributed by atoms with Crippen molar-refractivity contribution in [1.82, 2.24) is 4.98 Å². The lowest BCUT2D eigenvalue weighted by atomic mass is 10.0. The summed E-state index contributed by atoms with van der Waals surface area (Å²) in [5.41, 5.74) is 1.21. The summed E-state index contributed by atoms with van der Waals surface area (Å²) in [7, 11) is 0. The van der Waals surface area contributed by atoms with Gasteiger partial charge in [0.25, 0.3) is 5.91 Å². The van der Waals surface area contributed by atoms with Crippen LogP contribution in [0.3, 0.4) is 0 Å². The zero-order chi connectivity index (χ0) is 17.5. The molecule has 6 heteroatoms. The molecule has 1 aliphatic heterocycles. The number of nitriles is 1. The van der Waals surface area contributed by atoms with Gasteiger partial charge in [-0.05, 0) is 68.9 Å². The summed E-state index contributed by atoms with van der Waals surface area (Å²) < 4.78 is 0. The molecule has 0 unspecified atom stereocenters. The Morgan fingerprint density at radius 2 is 2.00 bits per heavy atom. The number of carbonyl (C=O) groups excluding carboxylic acids is 1. The Balaban J connectivity index is 2.08. The Labute approximate surface area is 146 Å². The van der Waals surface area contributed by atoms with Gasteiger partial charge in [-0.3, -0.25) is 14.6 Å². The van der Waals surface area contributed by atoms with Crippen molar-refractivity contribution in [2.45, 2.75) is 26.3 Å². The molecular weight excluding hydrogens is 320 g/mol. The van der Waals surface area contributed by atoms with E-state index in [1.807, 2.05) is 39.0 Å². The van der Waals surface area contributed by atoms with Gasteiger partial charge in [-0.1, -0.05) is 6.07 Å². The Morgan fingerprint density at radius 3 is 2.58 bits per heavy atom. The van der Waals surface area contributed by atoms with Gasteiger partial charge in [-0.25, -0.2) is 4.98 Å². The molecule has 0 N–H and O–H groups in total. The van der Waals surface area contributed by atoms with E-state index in [0.717, 1.165) is 5.56 Å². The van der Waals surface area contributed by atoms with E-state index in [9.17, 15) is 4.79 Å². The minimum atomic E-state index is -0.840. The second kappa shape index (κ2) is 5.69. The summed E-state index contributed by atoms with van der Waals surface area (Å²) >= 11 is 5.58. The number of rotatable bonds is 2. The molecule has 0 saturated carbocycles. The summed E-state index contributed by atoms with van der Waals surface area (Å²) in [6.45, 7) is 5.49. The Hall–Kier alpha value is -2.78. The third-order valence-corrected chi connectivity index (χ3v) is 4.50. The topological polar surface area (TPSA) is 60.2 Å². The molecule has 2 heterocycles. The van der Waals surface area contributed by atoms with E-state index in [1.165, 1.54) is 4.90 Å². The number of hydrogen-bond acceptors (Lipinski definition) is 4. The van der Waals surface area contributed by atoms with Gasteiger partial charge in [-0.2, -0.15) is 5.26 Å². The van der Waals surface area contributed by atoms with Crippen molar-refractivity contribution in [3.8, 4) is 6.07 Å². The normalized spacial score (nSPS) is 16.4. The number of carbonyl (C=O) groups is 1. The smallest absolute Gasteiger partial charge is 0.259 e. The lowest BCUT2D eigenvalue weighted by Crippen LogP contribution is -2.44. The third kappa shape index (κ3) is 2.34. The quantitative estimate of drug-likeness (QED) is 0.788. The number of thiocarbonyl (C=S) groups is 1. The fourth-order valence-electron chi connectivity index (χ4n) is 2.81. The first-order valence-electron chi connectivity index (χ1n) is 7.48. The highest BCUT2D eigenvalue weighted by Gasteiger charge is 2.50. The van der Waals surface area contributed by atoms with Crippen molar-refractivity contribution in [2.75, 3.05) is 9.80 Å². The predicted octanol–water partition coefficient (Wildman–Crippen LogP) is 3.18. The molecule has 0 atom stereocenters. The maximum Gasteiger partial charge on any atom is 0.259 e. The minimum Gasteiger partial charge on any atom is -0.288 e. The van der Waals surface area contributed by atoms with Crippen LogP contribution in [-0.2, 0) is 4.79 Å². The van der Waals surface area contributed by atoms with Crippen molar-refractivity contribution < 1.29 is 4.79 Å². The molecule has 5 nitrogen and oxygen atoms in total. The highest BCUT2D eigenvalue weighted by atomic mass is 32.1. The van der Waals surface area contributed by atoms with Crippen LogP contribution in [0.5, 0.6) is 0 Å².